The Hall–Kier alpha value is -0.570. The first-order chi connectivity index (χ1) is 6.76. The van der Waals surface area contributed by atoms with Crippen LogP contribution in [0.5, 0.6) is 0 Å². The van der Waals surface area contributed by atoms with Gasteiger partial charge < -0.3 is 4.74 Å². The highest BCUT2D eigenvalue weighted by Crippen LogP contribution is 2.14. The van der Waals surface area contributed by atoms with Crippen LogP contribution >= 0.6 is 0 Å². The van der Waals surface area contributed by atoms with Crippen molar-refractivity contribution in [2.75, 3.05) is 13.2 Å². The van der Waals surface area contributed by atoms with E-state index in [2.05, 4.69) is 6.92 Å². The highest BCUT2D eigenvalue weighted by Gasteiger charge is 2.16. The van der Waals surface area contributed by atoms with E-state index in [1.54, 1.807) is 0 Å². The molecule has 1 radical (unpaired) electrons. The van der Waals surface area contributed by atoms with Gasteiger partial charge in [-0.2, -0.15) is 0 Å². The molecule has 0 aliphatic heterocycles. The quantitative estimate of drug-likeness (QED) is 0.447. The van der Waals surface area contributed by atoms with Gasteiger partial charge in [0.15, 0.2) is 0 Å². The van der Waals surface area contributed by atoms with Crippen LogP contribution in [-0.2, 0) is 14.6 Å². The molecule has 0 heterocycles. The van der Waals surface area contributed by atoms with E-state index in [4.69, 9.17) is 4.74 Å². The number of hydrogen-bond acceptors (Lipinski definition) is 2. The molecule has 1 atom stereocenters. The van der Waals surface area contributed by atoms with E-state index in [-0.39, 0.29) is 25.1 Å². The number of esters is 1. The van der Waals surface area contributed by atoms with Crippen LogP contribution in [0.15, 0.2) is 0 Å². The van der Waals surface area contributed by atoms with E-state index >= 15 is 0 Å². The first-order valence-electron chi connectivity index (χ1n) is 5.50. The molecule has 0 aromatic heterocycles. The molecular weight excluding hydrogens is 180 g/mol. The Morgan fingerprint density at radius 3 is 2.50 bits per heavy atom. The number of hydrogen-bond donors (Lipinski definition) is 0. The van der Waals surface area contributed by atoms with Crippen molar-refractivity contribution in [3.05, 3.63) is 0 Å². The zero-order valence-corrected chi connectivity index (χ0v) is 9.25. The number of carbonyl (C=O) groups excluding carboxylic acids is 1. The molecule has 0 bridgehead atoms. The van der Waals surface area contributed by atoms with Crippen molar-refractivity contribution in [2.45, 2.75) is 46.0 Å². The zero-order chi connectivity index (χ0) is 10.8. The second-order valence-electron chi connectivity index (χ2n) is 3.47. The van der Waals surface area contributed by atoms with Gasteiger partial charge in [-0.15, -0.1) is 0 Å². The van der Waals surface area contributed by atoms with Crippen molar-refractivity contribution >= 4 is 5.97 Å². The predicted octanol–water partition coefficient (Wildman–Crippen LogP) is 2.57. The van der Waals surface area contributed by atoms with Crippen LogP contribution in [-0.4, -0.2) is 19.2 Å². The molecule has 83 valence electrons. The summed E-state index contributed by atoms with van der Waals surface area (Å²) in [7, 11) is 0. The fourth-order valence-electron chi connectivity index (χ4n) is 1.29. The Morgan fingerprint density at radius 2 is 2.00 bits per heavy atom. The fourth-order valence-corrected chi connectivity index (χ4v) is 1.29. The van der Waals surface area contributed by atoms with Crippen molar-refractivity contribution in [2.24, 2.45) is 5.92 Å². The van der Waals surface area contributed by atoms with E-state index < -0.39 is 0 Å². The van der Waals surface area contributed by atoms with Crippen LogP contribution in [0.2, 0.25) is 0 Å². The molecule has 0 aromatic carbocycles. The van der Waals surface area contributed by atoms with E-state index in [0.717, 1.165) is 25.7 Å². The van der Waals surface area contributed by atoms with Crippen LogP contribution in [0, 0.1) is 5.92 Å². The molecule has 3 nitrogen and oxygen atoms in total. The van der Waals surface area contributed by atoms with Gasteiger partial charge in [0.1, 0.15) is 0 Å². The lowest BCUT2D eigenvalue weighted by Crippen LogP contribution is -2.18. The first-order valence-corrected chi connectivity index (χ1v) is 5.50. The molecule has 0 aliphatic carbocycles. The molecule has 0 saturated carbocycles. The van der Waals surface area contributed by atoms with Gasteiger partial charge in [-0.05, 0) is 12.8 Å². The molecule has 0 rings (SSSR count). The Bertz CT molecular complexity index is 145. The molecular formula is C11H21O3. The summed E-state index contributed by atoms with van der Waals surface area (Å²) < 4.78 is 4.99. The molecule has 0 aliphatic rings. The summed E-state index contributed by atoms with van der Waals surface area (Å²) in [6, 6.07) is 0. The Labute approximate surface area is 86.5 Å². The molecule has 3 heteroatoms. The molecule has 1 unspecified atom stereocenters. The van der Waals surface area contributed by atoms with Gasteiger partial charge in [-0.3, -0.25) is 4.79 Å². The minimum Gasteiger partial charge on any atom is -0.465 e. The third-order valence-corrected chi connectivity index (χ3v) is 2.27. The number of ether oxygens (including phenoxy) is 1. The predicted molar refractivity (Wildman–Crippen MR) is 54.4 cm³/mol. The standard InChI is InChI=1S/C11H21O3/c1-3-5-7-10(4-2)11(13)14-9-6-8-12/h10H,3-9H2,1-2H3. The smallest absolute Gasteiger partial charge is 0.308 e. The van der Waals surface area contributed by atoms with Crippen LogP contribution in [0.3, 0.4) is 0 Å². The summed E-state index contributed by atoms with van der Waals surface area (Å²) in [5.41, 5.74) is 0. The molecule has 0 aromatic rings. The van der Waals surface area contributed by atoms with Crippen LogP contribution in [0.25, 0.3) is 0 Å². The van der Waals surface area contributed by atoms with Crippen LogP contribution in [0.1, 0.15) is 46.0 Å². The lowest BCUT2D eigenvalue weighted by atomic mass is 10.00. The van der Waals surface area contributed by atoms with E-state index in [1.807, 2.05) is 6.92 Å². The van der Waals surface area contributed by atoms with Gasteiger partial charge in [0, 0.05) is 6.42 Å². The van der Waals surface area contributed by atoms with Gasteiger partial charge in [-0.1, -0.05) is 26.7 Å². The lowest BCUT2D eigenvalue weighted by Gasteiger charge is -2.13. The lowest BCUT2D eigenvalue weighted by molar-refractivity contribution is -0.149. The van der Waals surface area contributed by atoms with Crippen LogP contribution < -0.4 is 0 Å². The maximum atomic E-state index is 11.4. The van der Waals surface area contributed by atoms with Crippen molar-refractivity contribution in [1.82, 2.24) is 0 Å². The van der Waals surface area contributed by atoms with Crippen molar-refractivity contribution < 1.29 is 14.6 Å². The van der Waals surface area contributed by atoms with Gasteiger partial charge in [-0.25, -0.2) is 5.11 Å². The highest BCUT2D eigenvalue weighted by molar-refractivity contribution is 5.72. The topological polar surface area (TPSA) is 46.2 Å². The number of unbranched alkanes of at least 4 members (excludes halogenated alkanes) is 1. The van der Waals surface area contributed by atoms with Crippen molar-refractivity contribution in [3.8, 4) is 0 Å². The summed E-state index contributed by atoms with van der Waals surface area (Å²) in [5, 5.41) is 10.1. The third kappa shape index (κ3) is 5.97. The largest absolute Gasteiger partial charge is 0.465 e. The number of rotatable bonds is 8. The minimum absolute atomic E-state index is 0.0293. The molecule has 0 fully saturated rings. The first kappa shape index (κ1) is 13.4. The summed E-state index contributed by atoms with van der Waals surface area (Å²) in [6.07, 6.45) is 4.33. The molecule has 0 saturated heterocycles. The maximum absolute atomic E-state index is 11.4. The Kier molecular flexibility index (Phi) is 8.64. The van der Waals surface area contributed by atoms with Crippen molar-refractivity contribution in [3.63, 3.8) is 0 Å². The summed E-state index contributed by atoms with van der Waals surface area (Å²) >= 11 is 0. The second-order valence-corrected chi connectivity index (χ2v) is 3.47. The normalized spacial score (nSPS) is 12.5. The van der Waals surface area contributed by atoms with Crippen LogP contribution in [0.4, 0.5) is 0 Å². The second kappa shape index (κ2) is 9.00. The molecule has 0 spiro atoms. The average Bonchev–Trinajstić information content (AvgIpc) is 2.19. The third-order valence-electron chi connectivity index (χ3n) is 2.27. The summed E-state index contributed by atoms with van der Waals surface area (Å²) in [5.74, 6) is -0.101. The van der Waals surface area contributed by atoms with Gasteiger partial charge in [0.05, 0.1) is 19.1 Å². The highest BCUT2D eigenvalue weighted by atomic mass is 16.5. The minimum atomic E-state index is -0.168. The van der Waals surface area contributed by atoms with E-state index in [0.29, 0.717) is 6.42 Å². The Morgan fingerprint density at radius 1 is 1.29 bits per heavy atom. The summed E-state index contributed by atoms with van der Waals surface area (Å²) in [6.45, 7) is 4.22. The SMILES string of the molecule is CCCCC(CC)C(=O)OCCC[O]. The fraction of sp³-hybridized carbons (Fsp3) is 0.909. The van der Waals surface area contributed by atoms with E-state index in [1.165, 1.54) is 0 Å². The maximum Gasteiger partial charge on any atom is 0.308 e. The number of carbonyl (C=O) groups is 1. The molecule has 0 amide bonds. The molecule has 14 heavy (non-hydrogen) atoms. The Balaban J connectivity index is 3.67. The monoisotopic (exact) mass is 201 g/mol. The zero-order valence-electron chi connectivity index (χ0n) is 9.25. The summed E-state index contributed by atoms with van der Waals surface area (Å²) in [4.78, 5) is 11.4. The van der Waals surface area contributed by atoms with Crippen molar-refractivity contribution in [1.29, 1.82) is 0 Å². The van der Waals surface area contributed by atoms with E-state index in [9.17, 15) is 9.90 Å². The van der Waals surface area contributed by atoms with Gasteiger partial charge in [0.2, 0.25) is 0 Å². The molecule has 0 N–H and O–H groups in total. The average molecular weight is 201 g/mol. The van der Waals surface area contributed by atoms with Gasteiger partial charge >= 0.3 is 5.97 Å². The van der Waals surface area contributed by atoms with Gasteiger partial charge in [0.25, 0.3) is 0 Å².